The molecule has 1 aromatic rings. The van der Waals surface area contributed by atoms with Crippen LogP contribution in [0.4, 0.5) is 11.4 Å². The van der Waals surface area contributed by atoms with Gasteiger partial charge in [0.1, 0.15) is 5.75 Å². The Morgan fingerprint density at radius 3 is 2.66 bits per heavy atom. The fourth-order valence-electron chi connectivity index (χ4n) is 5.63. The normalized spacial score (nSPS) is 17.3. The van der Waals surface area contributed by atoms with Crippen LogP contribution in [-0.2, 0) is 4.79 Å². The number of piperidine rings is 1. The largest absolute Gasteiger partial charge is 0.493 e. The highest BCUT2D eigenvalue weighted by Gasteiger charge is 2.27. The molecule has 200 valence electrons. The Hall–Kier alpha value is -3.35. The van der Waals surface area contributed by atoms with Crippen molar-refractivity contribution in [2.45, 2.75) is 39.2 Å². The summed E-state index contributed by atoms with van der Waals surface area (Å²) in [5.41, 5.74) is 8.00. The van der Waals surface area contributed by atoms with Gasteiger partial charge in [-0.25, -0.2) is 0 Å². The average molecular weight is 513 g/mol. The van der Waals surface area contributed by atoms with Crippen LogP contribution in [0.1, 0.15) is 42.9 Å². The zero-order chi connectivity index (χ0) is 26.6. The van der Waals surface area contributed by atoms with Crippen molar-refractivity contribution in [3.63, 3.8) is 0 Å². The van der Waals surface area contributed by atoms with E-state index in [4.69, 9.17) is 4.74 Å². The Bertz CT molecular complexity index is 1290. The summed E-state index contributed by atoms with van der Waals surface area (Å²) in [6.45, 7) is 9.38. The number of fused-ring (bicyclic) bond motifs is 2. The van der Waals surface area contributed by atoms with E-state index in [0.29, 0.717) is 18.2 Å². The van der Waals surface area contributed by atoms with Crippen LogP contribution in [0.25, 0.3) is 22.8 Å². The second-order valence-electron chi connectivity index (χ2n) is 10.8. The first kappa shape index (κ1) is 26.3. The van der Waals surface area contributed by atoms with Gasteiger partial charge in [0.2, 0.25) is 0 Å². The minimum atomic E-state index is -0.0547. The molecule has 2 aliphatic heterocycles. The van der Waals surface area contributed by atoms with E-state index in [0.717, 1.165) is 90.4 Å². The fourth-order valence-corrected chi connectivity index (χ4v) is 5.63. The number of carbonyl (C=O) groups is 1. The molecule has 2 heterocycles. The van der Waals surface area contributed by atoms with Gasteiger partial charge >= 0.3 is 0 Å². The highest BCUT2D eigenvalue weighted by Crippen LogP contribution is 2.42. The fraction of sp³-hybridized carbons (Fsp3) is 0.406. The van der Waals surface area contributed by atoms with Crippen molar-refractivity contribution in [3.05, 3.63) is 65.2 Å². The van der Waals surface area contributed by atoms with Crippen molar-refractivity contribution < 1.29 is 9.53 Å². The van der Waals surface area contributed by atoms with E-state index in [-0.39, 0.29) is 5.91 Å². The summed E-state index contributed by atoms with van der Waals surface area (Å²) in [5, 5.41) is 6.78. The van der Waals surface area contributed by atoms with Gasteiger partial charge in [-0.3, -0.25) is 4.79 Å². The summed E-state index contributed by atoms with van der Waals surface area (Å²) >= 11 is 0. The highest BCUT2D eigenvalue weighted by molar-refractivity contribution is 6.35. The number of benzene rings is 1. The molecule has 0 bridgehead atoms. The maximum Gasteiger partial charge on any atom is 0.256 e. The summed E-state index contributed by atoms with van der Waals surface area (Å²) in [4.78, 5) is 17.7. The quantitative estimate of drug-likeness (QED) is 0.280. The number of nitrogens with zero attached hydrogens (tertiary/aromatic N) is 2. The first-order valence-corrected chi connectivity index (χ1v) is 13.9. The molecule has 2 N–H and O–H groups in total. The van der Waals surface area contributed by atoms with E-state index in [1.165, 1.54) is 0 Å². The van der Waals surface area contributed by atoms with E-state index in [1.54, 1.807) is 0 Å². The van der Waals surface area contributed by atoms with Crippen molar-refractivity contribution in [1.29, 1.82) is 0 Å². The Morgan fingerprint density at radius 1 is 1.11 bits per heavy atom. The average Bonchev–Trinajstić information content (AvgIpc) is 3.27. The molecule has 1 saturated heterocycles. The van der Waals surface area contributed by atoms with E-state index in [9.17, 15) is 4.79 Å². The minimum absolute atomic E-state index is 0.0547. The van der Waals surface area contributed by atoms with Crippen LogP contribution in [0, 0.1) is 6.92 Å². The van der Waals surface area contributed by atoms with E-state index in [2.05, 4.69) is 72.6 Å². The van der Waals surface area contributed by atoms with Gasteiger partial charge in [0.05, 0.1) is 6.61 Å². The molecule has 5 rings (SSSR count). The summed E-state index contributed by atoms with van der Waals surface area (Å²) in [6, 6.07) is 17.1. The number of likely N-dealkylation sites (tertiary alicyclic amines) is 1. The van der Waals surface area contributed by atoms with E-state index in [1.807, 2.05) is 30.3 Å². The molecule has 6 heteroatoms. The number of carbonyl (C=O) groups excluding carboxylic acids is 1. The first-order chi connectivity index (χ1) is 18.4. The number of nitrogens with one attached hydrogen (secondary N) is 2. The number of aryl methyl sites for hydroxylation is 1. The SMILES string of the molecule is CCN1CCC(Nc2ccc3c(c2)C(=Cc2cc(C)c4c(OCCCN(C)C)ccccc2-4)C(=O)N3)CC1. The molecular formula is C32H40N4O2. The lowest BCUT2D eigenvalue weighted by molar-refractivity contribution is -0.110. The standard InChI is InChI=1S/C32H40N4O2/c1-5-36-16-13-24(14-17-36)33-25-11-12-29-27(21-25)28(32(37)34-29)20-23-19-22(2)31-26(23)9-6-7-10-30(31)38-18-8-15-35(3)4/h6-7,9-12,19-21,24,33H,5,8,13-18H2,1-4H3,(H,34,37). The lowest BCUT2D eigenvalue weighted by Crippen LogP contribution is -2.38. The molecule has 6 nitrogen and oxygen atoms in total. The number of hydrogen-bond acceptors (Lipinski definition) is 5. The molecule has 0 aromatic heterocycles. The van der Waals surface area contributed by atoms with Crippen LogP contribution in [0.15, 0.2) is 48.5 Å². The second kappa shape index (κ2) is 11.6. The van der Waals surface area contributed by atoms with Crippen LogP contribution < -0.4 is 15.4 Å². The lowest BCUT2D eigenvalue weighted by atomic mass is 10.0. The summed E-state index contributed by atoms with van der Waals surface area (Å²) in [7, 11) is 4.15. The molecule has 0 spiro atoms. The van der Waals surface area contributed by atoms with Crippen LogP contribution in [0.2, 0.25) is 0 Å². The van der Waals surface area contributed by atoms with Gasteiger partial charge in [-0.1, -0.05) is 31.2 Å². The van der Waals surface area contributed by atoms with Crippen molar-refractivity contribution in [3.8, 4) is 16.9 Å². The Labute approximate surface area is 227 Å². The van der Waals surface area contributed by atoms with Gasteiger partial charge in [-0.15, -0.1) is 0 Å². The molecular weight excluding hydrogens is 472 g/mol. The number of ether oxygens (including phenoxy) is 1. The van der Waals surface area contributed by atoms with Crippen LogP contribution in [0.5, 0.6) is 5.75 Å². The maximum atomic E-state index is 13.1. The van der Waals surface area contributed by atoms with E-state index >= 15 is 0 Å². The lowest BCUT2D eigenvalue weighted by Gasteiger charge is -2.32. The third-order valence-electron chi connectivity index (χ3n) is 7.73. The molecule has 0 atom stereocenters. The summed E-state index contributed by atoms with van der Waals surface area (Å²) in [5.74, 6) is 0.837. The monoisotopic (exact) mass is 512 g/mol. The highest BCUT2D eigenvalue weighted by atomic mass is 16.5. The summed E-state index contributed by atoms with van der Waals surface area (Å²) < 4.78 is 6.23. The van der Waals surface area contributed by atoms with Gasteiger partial charge in [0, 0.05) is 53.8 Å². The topological polar surface area (TPSA) is 56.8 Å². The van der Waals surface area contributed by atoms with Crippen molar-refractivity contribution in [2.75, 3.05) is 57.5 Å². The Morgan fingerprint density at radius 2 is 1.89 bits per heavy atom. The predicted octanol–water partition coefficient (Wildman–Crippen LogP) is 5.82. The third kappa shape index (κ3) is 5.71. The predicted molar refractivity (Wildman–Crippen MR) is 158 cm³/mol. The second-order valence-corrected chi connectivity index (χ2v) is 10.8. The zero-order valence-electron chi connectivity index (χ0n) is 23.1. The molecule has 38 heavy (non-hydrogen) atoms. The molecule has 1 amide bonds. The Kier molecular flexibility index (Phi) is 8.01. The van der Waals surface area contributed by atoms with Crippen LogP contribution >= 0.6 is 0 Å². The minimum Gasteiger partial charge on any atom is -0.493 e. The third-order valence-corrected chi connectivity index (χ3v) is 7.73. The summed E-state index contributed by atoms with van der Waals surface area (Å²) in [6.07, 6.45) is 5.28. The van der Waals surface area contributed by atoms with Gasteiger partial charge in [0.15, 0.2) is 0 Å². The molecule has 1 aromatic carbocycles. The van der Waals surface area contributed by atoms with Crippen molar-refractivity contribution in [1.82, 2.24) is 9.80 Å². The van der Waals surface area contributed by atoms with Crippen LogP contribution in [0.3, 0.4) is 0 Å². The van der Waals surface area contributed by atoms with Gasteiger partial charge in [-0.05, 0) is 93.9 Å². The van der Waals surface area contributed by atoms with Crippen LogP contribution in [-0.4, -0.2) is 68.6 Å². The molecule has 0 unspecified atom stereocenters. The van der Waals surface area contributed by atoms with Crippen molar-refractivity contribution >= 4 is 28.9 Å². The Balaban J connectivity index is 1.39. The van der Waals surface area contributed by atoms with Gasteiger partial charge < -0.3 is 25.2 Å². The van der Waals surface area contributed by atoms with Gasteiger partial charge in [-0.2, -0.15) is 0 Å². The number of amides is 1. The van der Waals surface area contributed by atoms with Crippen molar-refractivity contribution in [2.24, 2.45) is 0 Å². The number of anilines is 2. The van der Waals surface area contributed by atoms with Gasteiger partial charge in [0.25, 0.3) is 5.91 Å². The molecule has 2 aliphatic carbocycles. The smallest absolute Gasteiger partial charge is 0.256 e. The molecule has 0 radical (unpaired) electrons. The molecule has 4 aliphatic rings. The first-order valence-electron chi connectivity index (χ1n) is 13.9. The number of rotatable bonds is 9. The maximum absolute atomic E-state index is 13.1. The molecule has 1 fully saturated rings. The molecule has 0 saturated carbocycles. The van der Waals surface area contributed by atoms with E-state index < -0.39 is 0 Å². The number of hydrogen-bond donors (Lipinski definition) is 2. The zero-order valence-corrected chi connectivity index (χ0v) is 23.1.